The van der Waals surface area contributed by atoms with E-state index >= 15 is 0 Å². The normalized spacial score (nSPS) is 22.0. The number of fused-ring (bicyclic) bond motifs is 2. The van der Waals surface area contributed by atoms with Crippen molar-refractivity contribution in [1.29, 1.82) is 0 Å². The summed E-state index contributed by atoms with van der Waals surface area (Å²) in [6.07, 6.45) is 6.16. The zero-order valence-electron chi connectivity index (χ0n) is 17.6. The third-order valence-corrected chi connectivity index (χ3v) is 6.95. The van der Waals surface area contributed by atoms with E-state index in [9.17, 15) is 9.59 Å². The van der Waals surface area contributed by atoms with Crippen LogP contribution in [0.4, 0.5) is 0 Å². The van der Waals surface area contributed by atoms with Gasteiger partial charge in [0.2, 0.25) is 0 Å². The maximum atomic E-state index is 12.4. The molecule has 0 aliphatic carbocycles. The molecule has 0 bridgehead atoms. The van der Waals surface area contributed by atoms with Crippen molar-refractivity contribution in [3.05, 3.63) is 38.7 Å². The number of nitrogens with one attached hydrogen (secondary N) is 1. The Morgan fingerprint density at radius 2 is 2.00 bits per heavy atom. The molecule has 0 radical (unpaired) electrons. The number of hydrogen-bond donors (Lipinski definition) is 1. The minimum Gasteiger partial charge on any atom is -0.482 e. The van der Waals surface area contributed by atoms with Gasteiger partial charge in [-0.15, -0.1) is 0 Å². The zero-order chi connectivity index (χ0) is 21.3. The molecule has 1 N–H and O–H groups in total. The second-order valence-corrected chi connectivity index (χ2v) is 8.92. The third-order valence-electron chi connectivity index (χ3n) is 6.66. The first kappa shape index (κ1) is 21.2. The number of carbonyl (C=O) groups excluding carboxylic acids is 1. The van der Waals surface area contributed by atoms with E-state index in [0.29, 0.717) is 40.4 Å². The van der Waals surface area contributed by atoms with Crippen LogP contribution in [0.1, 0.15) is 43.2 Å². The molecule has 2 aliphatic rings. The molecule has 6 nitrogen and oxygen atoms in total. The van der Waals surface area contributed by atoms with Crippen molar-refractivity contribution in [1.82, 2.24) is 10.2 Å². The number of halogens is 1. The number of rotatable bonds is 5. The first-order chi connectivity index (χ1) is 14.4. The molecule has 2 aromatic rings. The molecule has 2 aliphatic heterocycles. The second-order valence-electron chi connectivity index (χ2n) is 8.51. The number of piperidine rings is 2. The average molecular weight is 433 g/mol. The van der Waals surface area contributed by atoms with Gasteiger partial charge in [-0.05, 0) is 70.2 Å². The summed E-state index contributed by atoms with van der Waals surface area (Å²) in [5.74, 6) is 0.676. The SMILES string of the molecule is Cc1c(C)c2cc(Cl)c(OCC(=O)NC[C@@H]3CCCN4CCCCC34)cc2oc1=O. The van der Waals surface area contributed by atoms with Crippen LogP contribution in [0.2, 0.25) is 5.02 Å². The lowest BCUT2D eigenvalue weighted by atomic mass is 9.83. The van der Waals surface area contributed by atoms with Crippen molar-refractivity contribution in [2.24, 2.45) is 5.92 Å². The average Bonchev–Trinajstić information content (AvgIpc) is 2.75. The molecule has 1 aromatic heterocycles. The lowest BCUT2D eigenvalue weighted by Crippen LogP contribution is -2.51. The minimum absolute atomic E-state index is 0.124. The Bertz CT molecular complexity index is 1000. The Hall–Kier alpha value is -2.05. The standard InChI is InChI=1S/C23H29ClN2O4/c1-14-15(2)23(28)30-20-11-21(18(24)10-17(14)20)29-13-22(27)25-12-16-6-5-9-26-8-4-3-7-19(16)26/h10-11,16,19H,3-9,12-13H2,1-2H3,(H,25,27)/t16-,19?/m0/s1. The fourth-order valence-corrected chi connectivity index (χ4v) is 5.03. The minimum atomic E-state index is -0.379. The number of ether oxygens (including phenoxy) is 1. The highest BCUT2D eigenvalue weighted by Gasteiger charge is 2.32. The monoisotopic (exact) mass is 432 g/mol. The summed E-state index contributed by atoms with van der Waals surface area (Å²) in [5.41, 5.74) is 1.42. The van der Waals surface area contributed by atoms with Gasteiger partial charge in [-0.1, -0.05) is 18.0 Å². The predicted molar refractivity (Wildman–Crippen MR) is 117 cm³/mol. The van der Waals surface area contributed by atoms with E-state index in [1.807, 2.05) is 6.92 Å². The van der Waals surface area contributed by atoms with Crippen molar-refractivity contribution < 1.29 is 13.9 Å². The summed E-state index contributed by atoms with van der Waals surface area (Å²) in [7, 11) is 0. The number of amides is 1. The largest absolute Gasteiger partial charge is 0.482 e. The number of carbonyl (C=O) groups is 1. The van der Waals surface area contributed by atoms with Crippen LogP contribution in [0.5, 0.6) is 5.75 Å². The molecule has 2 fully saturated rings. The molecule has 1 unspecified atom stereocenters. The van der Waals surface area contributed by atoms with Crippen molar-refractivity contribution in [3.63, 3.8) is 0 Å². The van der Waals surface area contributed by atoms with Crippen LogP contribution in [0, 0.1) is 19.8 Å². The lowest BCUT2D eigenvalue weighted by molar-refractivity contribution is -0.123. The maximum absolute atomic E-state index is 12.4. The highest BCUT2D eigenvalue weighted by Crippen LogP contribution is 2.32. The summed E-state index contributed by atoms with van der Waals surface area (Å²) in [4.78, 5) is 26.9. The van der Waals surface area contributed by atoms with Crippen molar-refractivity contribution >= 4 is 28.5 Å². The highest BCUT2D eigenvalue weighted by atomic mass is 35.5. The topological polar surface area (TPSA) is 71.8 Å². The lowest BCUT2D eigenvalue weighted by Gasteiger charge is -2.44. The van der Waals surface area contributed by atoms with Crippen molar-refractivity contribution in [2.75, 3.05) is 26.2 Å². The van der Waals surface area contributed by atoms with E-state index in [0.717, 1.165) is 17.4 Å². The van der Waals surface area contributed by atoms with Crippen LogP contribution in [-0.2, 0) is 4.79 Å². The van der Waals surface area contributed by atoms with Gasteiger partial charge >= 0.3 is 5.63 Å². The maximum Gasteiger partial charge on any atom is 0.339 e. The van der Waals surface area contributed by atoms with E-state index in [1.54, 1.807) is 19.1 Å². The van der Waals surface area contributed by atoms with Gasteiger partial charge in [-0.3, -0.25) is 4.79 Å². The zero-order valence-corrected chi connectivity index (χ0v) is 18.4. The molecule has 0 saturated carbocycles. The van der Waals surface area contributed by atoms with Crippen LogP contribution in [0.25, 0.3) is 11.0 Å². The molecular weight excluding hydrogens is 404 g/mol. The van der Waals surface area contributed by atoms with Gasteiger partial charge in [-0.2, -0.15) is 0 Å². The van der Waals surface area contributed by atoms with Crippen LogP contribution in [0.15, 0.2) is 21.3 Å². The number of nitrogens with zero attached hydrogens (tertiary/aromatic N) is 1. The number of aryl methyl sites for hydroxylation is 1. The fraction of sp³-hybridized carbons (Fsp3) is 0.565. The summed E-state index contributed by atoms with van der Waals surface area (Å²) in [6.45, 7) is 6.52. The van der Waals surface area contributed by atoms with E-state index in [1.165, 1.54) is 38.8 Å². The Morgan fingerprint density at radius 3 is 2.83 bits per heavy atom. The van der Waals surface area contributed by atoms with Gasteiger partial charge in [0.1, 0.15) is 11.3 Å². The number of hydrogen-bond acceptors (Lipinski definition) is 5. The molecule has 1 aromatic carbocycles. The molecule has 1 amide bonds. The third kappa shape index (κ3) is 4.35. The summed E-state index contributed by atoms with van der Waals surface area (Å²) in [6, 6.07) is 3.90. The first-order valence-electron chi connectivity index (χ1n) is 10.8. The Kier molecular flexibility index (Phi) is 6.34. The summed E-state index contributed by atoms with van der Waals surface area (Å²) < 4.78 is 11.0. The van der Waals surface area contributed by atoms with Gasteiger partial charge in [0.05, 0.1) is 5.02 Å². The molecule has 162 valence electrons. The summed E-state index contributed by atoms with van der Waals surface area (Å²) >= 11 is 6.34. The van der Waals surface area contributed by atoms with E-state index < -0.39 is 0 Å². The summed E-state index contributed by atoms with van der Waals surface area (Å²) in [5, 5.41) is 4.18. The van der Waals surface area contributed by atoms with Gasteiger partial charge in [-0.25, -0.2) is 4.79 Å². The first-order valence-corrected chi connectivity index (χ1v) is 11.2. The molecule has 0 spiro atoms. The Labute approximate surface area is 181 Å². The van der Waals surface area contributed by atoms with Gasteiger partial charge in [0, 0.05) is 29.6 Å². The van der Waals surface area contributed by atoms with Crippen LogP contribution in [-0.4, -0.2) is 43.1 Å². The Morgan fingerprint density at radius 1 is 1.20 bits per heavy atom. The smallest absolute Gasteiger partial charge is 0.339 e. The predicted octanol–water partition coefficient (Wildman–Crippen LogP) is 3.82. The number of benzene rings is 1. The molecular formula is C23H29ClN2O4. The van der Waals surface area contributed by atoms with E-state index in [-0.39, 0.29) is 18.1 Å². The second kappa shape index (κ2) is 8.98. The van der Waals surface area contributed by atoms with E-state index in [2.05, 4.69) is 10.2 Å². The van der Waals surface area contributed by atoms with Gasteiger partial charge < -0.3 is 19.4 Å². The van der Waals surface area contributed by atoms with Crippen molar-refractivity contribution in [3.8, 4) is 5.75 Å². The molecule has 2 atom stereocenters. The molecule has 4 rings (SSSR count). The van der Waals surface area contributed by atoms with Crippen LogP contribution < -0.4 is 15.7 Å². The van der Waals surface area contributed by atoms with E-state index in [4.69, 9.17) is 20.8 Å². The van der Waals surface area contributed by atoms with Crippen LogP contribution >= 0.6 is 11.6 Å². The van der Waals surface area contributed by atoms with Gasteiger partial charge in [0.25, 0.3) is 5.91 Å². The molecule has 30 heavy (non-hydrogen) atoms. The molecule has 7 heteroatoms. The van der Waals surface area contributed by atoms with Crippen LogP contribution in [0.3, 0.4) is 0 Å². The highest BCUT2D eigenvalue weighted by molar-refractivity contribution is 6.32. The Balaban J connectivity index is 1.36. The molecule has 2 saturated heterocycles. The fourth-order valence-electron chi connectivity index (χ4n) is 4.81. The molecule has 3 heterocycles. The quantitative estimate of drug-likeness (QED) is 0.727. The van der Waals surface area contributed by atoms with Gasteiger partial charge in [0.15, 0.2) is 6.61 Å². The van der Waals surface area contributed by atoms with Crippen molar-refractivity contribution in [2.45, 2.75) is 52.0 Å².